The molecule has 5 nitrogen and oxygen atoms in total. The molecule has 1 saturated heterocycles. The summed E-state index contributed by atoms with van der Waals surface area (Å²) in [5.74, 6) is 0.132. The Bertz CT molecular complexity index is 760. The molecule has 0 bridgehead atoms. The summed E-state index contributed by atoms with van der Waals surface area (Å²) in [4.78, 5) is 2.24. The van der Waals surface area contributed by atoms with Crippen LogP contribution in [0.2, 0.25) is 0 Å². The number of ether oxygens (including phenoxy) is 2. The Morgan fingerprint density at radius 3 is 2.26 bits per heavy atom. The van der Waals surface area contributed by atoms with E-state index in [1.54, 1.807) is 30.3 Å². The molecule has 146 valence electrons. The van der Waals surface area contributed by atoms with Crippen LogP contribution < -0.4 is 14.8 Å². The maximum absolute atomic E-state index is 12.4. The van der Waals surface area contributed by atoms with Crippen LogP contribution in [0.1, 0.15) is 17.2 Å². The minimum Gasteiger partial charge on any atom is -0.504 e. The Morgan fingerprint density at radius 2 is 1.67 bits per heavy atom. The van der Waals surface area contributed by atoms with Gasteiger partial charge in [0.2, 0.25) is 0 Å². The summed E-state index contributed by atoms with van der Waals surface area (Å²) < 4.78 is 46.4. The van der Waals surface area contributed by atoms with Crippen molar-refractivity contribution >= 4 is 0 Å². The van der Waals surface area contributed by atoms with Crippen LogP contribution in [0.3, 0.4) is 0 Å². The maximum Gasteiger partial charge on any atom is 0.573 e. The van der Waals surface area contributed by atoms with Crippen LogP contribution in [0.25, 0.3) is 0 Å². The molecule has 2 N–H and O–H groups in total. The molecule has 8 heteroatoms. The lowest BCUT2D eigenvalue weighted by Crippen LogP contribution is -2.45. The summed E-state index contributed by atoms with van der Waals surface area (Å²) in [5.41, 5.74) is 1.72. The lowest BCUT2D eigenvalue weighted by Gasteiger charge is -2.35. The number of benzene rings is 2. The van der Waals surface area contributed by atoms with E-state index in [-0.39, 0.29) is 17.5 Å². The molecule has 1 aliphatic heterocycles. The molecule has 1 atom stereocenters. The largest absolute Gasteiger partial charge is 0.573 e. The summed E-state index contributed by atoms with van der Waals surface area (Å²) in [6.45, 7) is 3.21. The van der Waals surface area contributed by atoms with Crippen molar-refractivity contribution in [3.05, 3.63) is 53.6 Å². The number of phenolic OH excluding ortho intramolecular Hbond substituents is 1. The maximum atomic E-state index is 12.4. The molecule has 1 heterocycles. The van der Waals surface area contributed by atoms with Gasteiger partial charge in [0, 0.05) is 26.2 Å². The first-order valence-corrected chi connectivity index (χ1v) is 8.55. The highest BCUT2D eigenvalue weighted by Crippen LogP contribution is 2.35. The van der Waals surface area contributed by atoms with E-state index in [4.69, 9.17) is 4.74 Å². The van der Waals surface area contributed by atoms with Gasteiger partial charge in [0.15, 0.2) is 11.5 Å². The molecule has 0 radical (unpaired) electrons. The number of phenols is 1. The molecule has 0 aliphatic carbocycles. The average Bonchev–Trinajstić information content (AvgIpc) is 2.64. The number of nitrogens with one attached hydrogen (secondary N) is 1. The number of aromatic hydroxyl groups is 1. The molecule has 27 heavy (non-hydrogen) atoms. The molecule has 0 saturated carbocycles. The van der Waals surface area contributed by atoms with Gasteiger partial charge in [-0.25, -0.2) is 0 Å². The van der Waals surface area contributed by atoms with E-state index in [1.807, 2.05) is 0 Å². The number of nitrogens with zero attached hydrogens (tertiary/aromatic N) is 1. The predicted octanol–water partition coefficient (Wildman–Crippen LogP) is 3.29. The molecule has 3 rings (SSSR count). The first kappa shape index (κ1) is 19.3. The van der Waals surface area contributed by atoms with Gasteiger partial charge in [-0.3, -0.25) is 4.90 Å². The number of halogens is 3. The fraction of sp³-hybridized carbons (Fsp3) is 0.368. The van der Waals surface area contributed by atoms with Gasteiger partial charge in [-0.1, -0.05) is 18.2 Å². The van der Waals surface area contributed by atoms with Crippen molar-refractivity contribution in [3.8, 4) is 17.2 Å². The highest BCUT2D eigenvalue weighted by atomic mass is 19.4. The Morgan fingerprint density at radius 1 is 1.04 bits per heavy atom. The fourth-order valence-corrected chi connectivity index (χ4v) is 3.27. The SMILES string of the molecule is COc1cc([C@@H](c2ccc(OC(F)(F)F)cc2)N2CCNCC2)ccc1O. The van der Waals surface area contributed by atoms with Crippen LogP contribution in [0.15, 0.2) is 42.5 Å². The zero-order valence-corrected chi connectivity index (χ0v) is 14.8. The predicted molar refractivity (Wildman–Crippen MR) is 94.1 cm³/mol. The molecule has 1 aliphatic rings. The molecule has 0 unspecified atom stereocenters. The van der Waals surface area contributed by atoms with Gasteiger partial charge >= 0.3 is 6.36 Å². The number of rotatable bonds is 5. The van der Waals surface area contributed by atoms with Crippen molar-refractivity contribution in [3.63, 3.8) is 0 Å². The van der Waals surface area contributed by atoms with Gasteiger partial charge in [0.1, 0.15) is 5.75 Å². The van der Waals surface area contributed by atoms with E-state index in [2.05, 4.69) is 15.0 Å². The summed E-state index contributed by atoms with van der Waals surface area (Å²) in [6.07, 6.45) is -4.72. The topological polar surface area (TPSA) is 54.0 Å². The molecule has 2 aromatic carbocycles. The van der Waals surface area contributed by atoms with E-state index < -0.39 is 6.36 Å². The smallest absolute Gasteiger partial charge is 0.504 e. The Balaban J connectivity index is 1.95. The Hall–Kier alpha value is -2.45. The minimum atomic E-state index is -4.72. The summed E-state index contributed by atoms with van der Waals surface area (Å²) in [7, 11) is 1.47. The van der Waals surface area contributed by atoms with Gasteiger partial charge in [0.25, 0.3) is 0 Å². The molecule has 1 fully saturated rings. The van der Waals surface area contributed by atoms with Crippen LogP contribution in [0.5, 0.6) is 17.2 Å². The Kier molecular flexibility index (Phi) is 5.76. The third-order valence-electron chi connectivity index (χ3n) is 4.47. The van der Waals surface area contributed by atoms with Gasteiger partial charge in [0.05, 0.1) is 13.2 Å². The van der Waals surface area contributed by atoms with Crippen LogP contribution >= 0.6 is 0 Å². The number of hydrogen-bond donors (Lipinski definition) is 2. The summed E-state index contributed by atoms with van der Waals surface area (Å²) in [6, 6.07) is 10.8. The highest BCUT2D eigenvalue weighted by Gasteiger charge is 2.31. The first-order chi connectivity index (χ1) is 12.9. The van der Waals surface area contributed by atoms with Crippen molar-refractivity contribution in [2.75, 3.05) is 33.3 Å². The van der Waals surface area contributed by atoms with E-state index in [0.29, 0.717) is 5.75 Å². The quantitative estimate of drug-likeness (QED) is 0.831. The number of alkyl halides is 3. The van der Waals surface area contributed by atoms with Crippen molar-refractivity contribution in [2.24, 2.45) is 0 Å². The third kappa shape index (κ3) is 4.84. The van der Waals surface area contributed by atoms with Gasteiger partial charge in [-0.15, -0.1) is 13.2 Å². The lowest BCUT2D eigenvalue weighted by molar-refractivity contribution is -0.274. The van der Waals surface area contributed by atoms with Crippen LogP contribution in [-0.4, -0.2) is 49.7 Å². The number of methoxy groups -OCH3 is 1. The molecular formula is C19H21F3N2O3. The average molecular weight is 382 g/mol. The van der Waals surface area contributed by atoms with Gasteiger partial charge in [-0.2, -0.15) is 0 Å². The first-order valence-electron chi connectivity index (χ1n) is 8.55. The van der Waals surface area contributed by atoms with Crippen molar-refractivity contribution < 1.29 is 27.8 Å². The van der Waals surface area contributed by atoms with Crippen LogP contribution in [0.4, 0.5) is 13.2 Å². The van der Waals surface area contributed by atoms with Crippen LogP contribution in [-0.2, 0) is 0 Å². The number of hydrogen-bond acceptors (Lipinski definition) is 5. The summed E-state index contributed by atoms with van der Waals surface area (Å²) >= 11 is 0. The fourth-order valence-electron chi connectivity index (χ4n) is 3.27. The monoisotopic (exact) mass is 382 g/mol. The Labute approximate surface area is 155 Å². The second-order valence-corrected chi connectivity index (χ2v) is 6.24. The molecule has 0 amide bonds. The summed E-state index contributed by atoms with van der Waals surface area (Å²) in [5, 5.41) is 13.2. The minimum absolute atomic E-state index is 0.0363. The zero-order valence-electron chi connectivity index (χ0n) is 14.8. The van der Waals surface area contributed by atoms with E-state index in [1.165, 1.54) is 19.2 Å². The van der Waals surface area contributed by atoms with E-state index >= 15 is 0 Å². The standard InChI is InChI=1S/C19H21F3N2O3/c1-26-17-12-14(4-7-16(17)25)18(24-10-8-23-9-11-24)13-2-5-15(6-3-13)27-19(20,21)22/h2-7,12,18,23,25H,8-11H2,1H3/t18-/m1/s1. The van der Waals surface area contributed by atoms with E-state index in [0.717, 1.165) is 37.3 Å². The van der Waals surface area contributed by atoms with E-state index in [9.17, 15) is 18.3 Å². The second-order valence-electron chi connectivity index (χ2n) is 6.24. The van der Waals surface area contributed by atoms with Crippen molar-refractivity contribution in [1.29, 1.82) is 0 Å². The molecule has 0 spiro atoms. The third-order valence-corrected chi connectivity index (χ3v) is 4.47. The van der Waals surface area contributed by atoms with Gasteiger partial charge in [-0.05, 0) is 35.4 Å². The second kappa shape index (κ2) is 8.06. The molecule has 0 aromatic heterocycles. The highest BCUT2D eigenvalue weighted by molar-refractivity contribution is 5.45. The normalized spacial score (nSPS) is 16.7. The molecule has 2 aromatic rings. The van der Waals surface area contributed by atoms with Crippen molar-refractivity contribution in [1.82, 2.24) is 10.2 Å². The zero-order chi connectivity index (χ0) is 19.4. The van der Waals surface area contributed by atoms with Crippen molar-refractivity contribution in [2.45, 2.75) is 12.4 Å². The number of piperazine rings is 1. The molecular weight excluding hydrogens is 361 g/mol. The van der Waals surface area contributed by atoms with Crippen LogP contribution in [0, 0.1) is 0 Å². The lowest BCUT2D eigenvalue weighted by atomic mass is 9.96. The van der Waals surface area contributed by atoms with Gasteiger partial charge < -0.3 is 19.9 Å².